The van der Waals surface area contributed by atoms with Crippen LogP contribution in [0.4, 0.5) is 17.1 Å². The zero-order valence-corrected chi connectivity index (χ0v) is 21.2. The Labute approximate surface area is 224 Å². The zero-order chi connectivity index (χ0) is 27.5. The average molecular weight is 520 g/mol. The van der Waals surface area contributed by atoms with Crippen LogP contribution in [0.5, 0.6) is 17.2 Å². The van der Waals surface area contributed by atoms with Gasteiger partial charge in [0.2, 0.25) is 0 Å². The van der Waals surface area contributed by atoms with E-state index in [1.807, 2.05) is 32.0 Å². The van der Waals surface area contributed by atoms with Gasteiger partial charge in [-0.3, -0.25) is 0 Å². The lowest BCUT2D eigenvalue weighted by atomic mass is 9.93. The fourth-order valence-corrected chi connectivity index (χ4v) is 4.34. The lowest BCUT2D eigenvalue weighted by Gasteiger charge is -2.16. The Bertz CT molecular complexity index is 1750. The van der Waals surface area contributed by atoms with Crippen molar-refractivity contribution in [1.29, 1.82) is 0 Å². The van der Waals surface area contributed by atoms with E-state index in [9.17, 15) is 20.1 Å². The number of nitrogens with zero attached hydrogens (tertiary/aromatic N) is 2. The van der Waals surface area contributed by atoms with E-state index in [0.717, 1.165) is 11.1 Å². The molecule has 0 aromatic heterocycles. The number of para-hydroxylation sites is 1. The quantitative estimate of drug-likeness (QED) is 0.134. The molecule has 0 aliphatic rings. The number of rotatable bonds is 6. The first kappa shape index (κ1) is 25.3. The monoisotopic (exact) mass is 519 g/mol. The van der Waals surface area contributed by atoms with Gasteiger partial charge < -0.3 is 20.2 Å². The van der Waals surface area contributed by atoms with Crippen molar-refractivity contribution >= 4 is 33.8 Å². The molecule has 194 valence electrons. The van der Waals surface area contributed by atoms with E-state index in [4.69, 9.17) is 4.84 Å². The standard InChI is InChI=1S/C31H25N3O5/c1-18-14-15-24(19(2)16-18)34-39-31(38)23-17-20-8-3-4-9-21(20)28(30(23)37)22-10-7-13-27(36)29(22)33-32-25-11-5-6-12-26(25)35/h3-17,34-37H,1-2H3. The number of azo groups is 1. The smallest absolute Gasteiger partial charge is 0.366 e. The Morgan fingerprint density at radius 2 is 1.54 bits per heavy atom. The maximum Gasteiger partial charge on any atom is 0.366 e. The molecule has 0 bridgehead atoms. The first-order chi connectivity index (χ1) is 18.8. The van der Waals surface area contributed by atoms with E-state index in [1.54, 1.807) is 60.7 Å². The van der Waals surface area contributed by atoms with Crippen molar-refractivity contribution < 1.29 is 25.0 Å². The highest BCUT2D eigenvalue weighted by Crippen LogP contribution is 2.46. The third-order valence-corrected chi connectivity index (χ3v) is 6.30. The minimum atomic E-state index is -0.794. The van der Waals surface area contributed by atoms with Crippen molar-refractivity contribution in [1.82, 2.24) is 0 Å². The minimum absolute atomic E-state index is 0.0557. The summed E-state index contributed by atoms with van der Waals surface area (Å²) in [4.78, 5) is 18.5. The predicted octanol–water partition coefficient (Wildman–Crippen LogP) is 7.84. The molecular formula is C31H25N3O5. The number of hydrogen-bond donors (Lipinski definition) is 4. The molecule has 0 spiro atoms. The van der Waals surface area contributed by atoms with Gasteiger partial charge in [0.1, 0.15) is 34.2 Å². The van der Waals surface area contributed by atoms with Crippen molar-refractivity contribution in [2.45, 2.75) is 13.8 Å². The SMILES string of the molecule is Cc1ccc(NOC(=O)c2cc3ccccc3c(-c3cccc(O)c3N=Nc3ccccc3O)c2O)c(C)c1. The van der Waals surface area contributed by atoms with Gasteiger partial charge in [0.25, 0.3) is 0 Å². The Morgan fingerprint density at radius 3 is 2.33 bits per heavy atom. The molecule has 4 N–H and O–H groups in total. The summed E-state index contributed by atoms with van der Waals surface area (Å²) in [5, 5.41) is 41.8. The van der Waals surface area contributed by atoms with Gasteiger partial charge in [-0.2, -0.15) is 0 Å². The summed E-state index contributed by atoms with van der Waals surface area (Å²) in [6.07, 6.45) is 0. The van der Waals surface area contributed by atoms with E-state index < -0.39 is 5.97 Å². The molecular weight excluding hydrogens is 494 g/mol. The molecule has 5 rings (SSSR count). The summed E-state index contributed by atoms with van der Waals surface area (Å²) in [7, 11) is 0. The van der Waals surface area contributed by atoms with E-state index in [1.165, 1.54) is 12.1 Å². The van der Waals surface area contributed by atoms with Crippen LogP contribution in [-0.4, -0.2) is 21.3 Å². The lowest BCUT2D eigenvalue weighted by molar-refractivity contribution is 0.0593. The van der Waals surface area contributed by atoms with Gasteiger partial charge in [0.05, 0.1) is 5.69 Å². The predicted molar refractivity (Wildman–Crippen MR) is 150 cm³/mol. The van der Waals surface area contributed by atoms with Crippen LogP contribution in [0.3, 0.4) is 0 Å². The van der Waals surface area contributed by atoms with E-state index >= 15 is 0 Å². The van der Waals surface area contributed by atoms with Gasteiger partial charge in [0.15, 0.2) is 0 Å². The van der Waals surface area contributed by atoms with Gasteiger partial charge in [-0.05, 0) is 60.5 Å². The van der Waals surface area contributed by atoms with E-state index in [-0.39, 0.29) is 39.8 Å². The van der Waals surface area contributed by atoms with Crippen molar-refractivity contribution in [3.8, 4) is 28.4 Å². The maximum absolute atomic E-state index is 13.2. The largest absolute Gasteiger partial charge is 0.506 e. The van der Waals surface area contributed by atoms with Crippen LogP contribution in [0.25, 0.3) is 21.9 Å². The molecule has 0 aliphatic heterocycles. The Morgan fingerprint density at radius 1 is 0.795 bits per heavy atom. The summed E-state index contributed by atoms with van der Waals surface area (Å²) >= 11 is 0. The fraction of sp³-hybridized carbons (Fsp3) is 0.0645. The second kappa shape index (κ2) is 10.5. The maximum atomic E-state index is 13.2. The highest BCUT2D eigenvalue weighted by atomic mass is 16.7. The highest BCUT2D eigenvalue weighted by molar-refractivity contribution is 6.09. The fourth-order valence-electron chi connectivity index (χ4n) is 4.34. The molecule has 0 saturated heterocycles. The number of benzene rings is 5. The van der Waals surface area contributed by atoms with Crippen molar-refractivity contribution in [3.05, 3.63) is 108 Å². The molecule has 5 aromatic rings. The van der Waals surface area contributed by atoms with Crippen LogP contribution in [0, 0.1) is 13.8 Å². The van der Waals surface area contributed by atoms with Crippen LogP contribution < -0.4 is 5.48 Å². The van der Waals surface area contributed by atoms with Gasteiger partial charge in [0, 0.05) is 11.1 Å². The average Bonchev–Trinajstić information content (AvgIpc) is 2.92. The Kier molecular flexibility index (Phi) is 6.84. The summed E-state index contributed by atoms with van der Waals surface area (Å²) in [5.74, 6) is -1.41. The third kappa shape index (κ3) is 5.08. The topological polar surface area (TPSA) is 124 Å². The lowest BCUT2D eigenvalue weighted by Crippen LogP contribution is -2.12. The molecule has 8 nitrogen and oxygen atoms in total. The number of fused-ring (bicyclic) bond motifs is 1. The van der Waals surface area contributed by atoms with Crippen LogP contribution in [-0.2, 0) is 4.84 Å². The van der Waals surface area contributed by atoms with Crippen molar-refractivity contribution in [2.24, 2.45) is 10.2 Å². The number of aromatic hydroxyl groups is 3. The summed E-state index contributed by atoms with van der Waals surface area (Å²) in [6.45, 7) is 3.86. The summed E-state index contributed by atoms with van der Waals surface area (Å²) < 4.78 is 0. The number of aryl methyl sites for hydroxylation is 2. The normalized spacial score (nSPS) is 11.1. The van der Waals surface area contributed by atoms with Crippen molar-refractivity contribution in [3.63, 3.8) is 0 Å². The number of phenolic OH excluding ortho intramolecular Hbond substituents is 3. The second-order valence-corrected chi connectivity index (χ2v) is 9.04. The molecule has 0 heterocycles. The minimum Gasteiger partial charge on any atom is -0.506 e. The third-order valence-electron chi connectivity index (χ3n) is 6.30. The first-order valence-electron chi connectivity index (χ1n) is 12.1. The van der Waals surface area contributed by atoms with Gasteiger partial charge >= 0.3 is 5.97 Å². The van der Waals surface area contributed by atoms with Crippen molar-refractivity contribution in [2.75, 3.05) is 5.48 Å². The molecule has 0 amide bonds. The van der Waals surface area contributed by atoms with E-state index in [2.05, 4.69) is 15.7 Å². The number of phenols is 3. The number of nitrogens with one attached hydrogen (secondary N) is 1. The number of hydrogen-bond acceptors (Lipinski definition) is 8. The first-order valence-corrected chi connectivity index (χ1v) is 12.1. The molecule has 0 atom stereocenters. The molecule has 0 radical (unpaired) electrons. The molecule has 0 fully saturated rings. The van der Waals surface area contributed by atoms with Gasteiger partial charge in [-0.1, -0.05) is 66.2 Å². The molecule has 8 heteroatoms. The van der Waals surface area contributed by atoms with E-state index in [0.29, 0.717) is 22.0 Å². The second-order valence-electron chi connectivity index (χ2n) is 9.04. The molecule has 39 heavy (non-hydrogen) atoms. The molecule has 5 aromatic carbocycles. The Balaban J connectivity index is 1.60. The van der Waals surface area contributed by atoms with Crippen LogP contribution in [0.2, 0.25) is 0 Å². The highest BCUT2D eigenvalue weighted by Gasteiger charge is 2.23. The van der Waals surface area contributed by atoms with Crippen LogP contribution >= 0.6 is 0 Å². The molecule has 0 unspecified atom stereocenters. The number of carbonyl (C=O) groups is 1. The summed E-state index contributed by atoms with van der Waals surface area (Å²) in [5.41, 5.74) is 6.05. The summed E-state index contributed by atoms with van der Waals surface area (Å²) in [6, 6.07) is 25.5. The van der Waals surface area contributed by atoms with Crippen LogP contribution in [0.1, 0.15) is 21.5 Å². The van der Waals surface area contributed by atoms with Gasteiger partial charge in [-0.15, -0.1) is 10.2 Å². The van der Waals surface area contributed by atoms with Crippen LogP contribution in [0.15, 0.2) is 101 Å². The molecule has 0 saturated carbocycles. The van der Waals surface area contributed by atoms with Gasteiger partial charge in [-0.25, -0.2) is 10.3 Å². The zero-order valence-electron chi connectivity index (χ0n) is 21.2. The number of carbonyl (C=O) groups excluding carboxylic acids is 1. The number of anilines is 1. The molecule has 0 aliphatic carbocycles. The Hall–Kier alpha value is -5.37.